The highest BCUT2D eigenvalue weighted by Gasteiger charge is 2.00. The van der Waals surface area contributed by atoms with Crippen molar-refractivity contribution in [2.75, 3.05) is 0 Å². The molecule has 1 unspecified atom stereocenters. The summed E-state index contributed by atoms with van der Waals surface area (Å²) in [6.45, 7) is -2.41. The summed E-state index contributed by atoms with van der Waals surface area (Å²) in [6, 6.07) is 9.44. The van der Waals surface area contributed by atoms with Gasteiger partial charge in [0.1, 0.15) is 6.90 Å². The van der Waals surface area contributed by atoms with Crippen molar-refractivity contribution in [3.05, 3.63) is 35.9 Å². The number of hydrogen-bond donors (Lipinski definition) is 1. The third-order valence-electron chi connectivity index (χ3n) is 1.20. The number of halogens is 1. The van der Waals surface area contributed by atoms with Gasteiger partial charge in [0.15, 0.2) is 0 Å². The summed E-state index contributed by atoms with van der Waals surface area (Å²) in [4.78, 5) is 0. The molecule has 0 bridgehead atoms. The Morgan fingerprint density at radius 2 is 1.91 bits per heavy atom. The van der Waals surface area contributed by atoms with Gasteiger partial charge in [-0.05, 0) is 5.56 Å². The Balaban J connectivity index is 2.82. The van der Waals surface area contributed by atoms with E-state index in [1.165, 1.54) is 0 Å². The lowest BCUT2D eigenvalue weighted by atomic mass is 10.2. The van der Waals surface area contributed by atoms with E-state index in [-0.39, 0.29) is 0 Å². The van der Waals surface area contributed by atoms with E-state index in [0.717, 1.165) is 5.56 Å². The van der Waals surface area contributed by atoms with E-state index in [9.17, 15) is 4.21 Å². The van der Waals surface area contributed by atoms with Crippen molar-refractivity contribution >= 4 is 28.1 Å². The highest BCUT2D eigenvalue weighted by Crippen LogP contribution is 2.11. The summed E-state index contributed by atoms with van der Waals surface area (Å²) in [6.07, 6.45) is 0. The standard InChI is InChI=1S/C7H8INOS/c8-11(9,10)6-7-4-2-1-3-5-7/h1-5,9H,6H2. The molecule has 0 fully saturated rings. The van der Waals surface area contributed by atoms with Gasteiger partial charge in [-0.2, -0.15) is 0 Å². The topological polar surface area (TPSA) is 40.9 Å². The van der Waals surface area contributed by atoms with Gasteiger partial charge in [0.25, 0.3) is 0 Å². The molecule has 0 saturated carbocycles. The molecule has 2 nitrogen and oxygen atoms in total. The second-order valence-corrected chi connectivity index (χ2v) is 7.97. The van der Waals surface area contributed by atoms with Gasteiger partial charge in [-0.15, -0.1) is 0 Å². The zero-order chi connectivity index (χ0) is 8.32. The van der Waals surface area contributed by atoms with Crippen molar-refractivity contribution in [3.63, 3.8) is 0 Å². The van der Waals surface area contributed by atoms with Crippen LogP contribution in [0.3, 0.4) is 0 Å². The van der Waals surface area contributed by atoms with Gasteiger partial charge in [0.2, 0.25) is 0 Å². The Kier molecular flexibility index (Phi) is 2.89. The van der Waals surface area contributed by atoms with E-state index < -0.39 is 6.90 Å². The molecule has 1 aromatic carbocycles. The largest absolute Gasteiger partial charge is 0.244 e. The first kappa shape index (κ1) is 8.99. The zero-order valence-corrected chi connectivity index (χ0v) is 8.76. The van der Waals surface area contributed by atoms with E-state index in [0.29, 0.717) is 5.75 Å². The fraction of sp³-hybridized carbons (Fsp3) is 0.143. The second kappa shape index (κ2) is 3.53. The van der Waals surface area contributed by atoms with Gasteiger partial charge < -0.3 is 0 Å². The van der Waals surface area contributed by atoms with E-state index in [2.05, 4.69) is 0 Å². The Morgan fingerprint density at radius 1 is 1.36 bits per heavy atom. The summed E-state index contributed by atoms with van der Waals surface area (Å²) >= 11 is 1.67. The molecule has 0 spiro atoms. The molecule has 0 aromatic heterocycles. The Labute approximate surface area is 78.6 Å². The van der Waals surface area contributed by atoms with Gasteiger partial charge in [0, 0.05) is 21.2 Å². The molecule has 4 heteroatoms. The van der Waals surface area contributed by atoms with Crippen molar-refractivity contribution in [3.8, 4) is 0 Å². The normalized spacial score (nSPS) is 15.7. The van der Waals surface area contributed by atoms with Crippen LogP contribution in [0.15, 0.2) is 30.3 Å². The molecule has 60 valence electrons. The first-order valence-electron chi connectivity index (χ1n) is 3.08. The van der Waals surface area contributed by atoms with Gasteiger partial charge in [-0.3, -0.25) is 0 Å². The fourth-order valence-corrected chi connectivity index (χ4v) is 2.49. The molecule has 0 saturated heterocycles. The molecule has 0 aliphatic carbocycles. The minimum Gasteiger partial charge on any atom is -0.244 e. The predicted molar refractivity (Wildman–Crippen MR) is 55.0 cm³/mol. The molecule has 0 amide bonds. The lowest BCUT2D eigenvalue weighted by Crippen LogP contribution is -1.90. The fourth-order valence-electron chi connectivity index (χ4n) is 0.789. The van der Waals surface area contributed by atoms with Crippen LogP contribution in [0, 0.1) is 4.78 Å². The highest BCUT2D eigenvalue weighted by atomic mass is 127. The molecule has 11 heavy (non-hydrogen) atoms. The molecule has 0 aliphatic rings. The average Bonchev–Trinajstić information content (AvgIpc) is 1.85. The maximum Gasteiger partial charge on any atom is 0.103 e. The lowest BCUT2D eigenvalue weighted by Gasteiger charge is -1.97. The van der Waals surface area contributed by atoms with Crippen LogP contribution in [0.2, 0.25) is 0 Å². The predicted octanol–water partition coefficient (Wildman–Crippen LogP) is 2.58. The van der Waals surface area contributed by atoms with Crippen LogP contribution in [0.4, 0.5) is 0 Å². The van der Waals surface area contributed by atoms with Gasteiger partial charge in [0.05, 0.1) is 5.75 Å². The van der Waals surface area contributed by atoms with E-state index in [1.807, 2.05) is 30.3 Å². The van der Waals surface area contributed by atoms with Crippen LogP contribution in [0.5, 0.6) is 0 Å². The van der Waals surface area contributed by atoms with E-state index in [1.54, 1.807) is 21.2 Å². The molecule has 1 rings (SSSR count). The molecule has 0 aliphatic heterocycles. The van der Waals surface area contributed by atoms with Gasteiger partial charge in [-0.1, -0.05) is 30.3 Å². The maximum atomic E-state index is 11.0. The molecular weight excluding hydrogens is 273 g/mol. The van der Waals surface area contributed by atoms with Crippen LogP contribution in [-0.2, 0) is 12.7 Å². The summed E-state index contributed by atoms with van der Waals surface area (Å²) in [5.41, 5.74) is 0.960. The van der Waals surface area contributed by atoms with Crippen LogP contribution >= 0.6 is 21.2 Å². The summed E-state index contributed by atoms with van der Waals surface area (Å²) < 4.78 is 18.2. The van der Waals surface area contributed by atoms with E-state index in [4.69, 9.17) is 4.78 Å². The van der Waals surface area contributed by atoms with Crippen LogP contribution in [0.1, 0.15) is 5.56 Å². The van der Waals surface area contributed by atoms with E-state index >= 15 is 0 Å². The SMILES string of the molecule is N=S(=O)(I)Cc1ccccc1. The molecule has 1 aromatic rings. The van der Waals surface area contributed by atoms with Crippen molar-refractivity contribution in [2.24, 2.45) is 0 Å². The number of rotatable bonds is 2. The minimum absolute atomic E-state index is 0.342. The summed E-state index contributed by atoms with van der Waals surface area (Å²) in [7, 11) is 0. The Hall–Kier alpha value is -0.100. The smallest absolute Gasteiger partial charge is 0.103 e. The maximum absolute atomic E-state index is 11.0. The molecule has 0 heterocycles. The molecule has 0 radical (unpaired) electrons. The van der Waals surface area contributed by atoms with Crippen LogP contribution < -0.4 is 0 Å². The average molecular weight is 281 g/mol. The van der Waals surface area contributed by atoms with Crippen LogP contribution in [0.25, 0.3) is 0 Å². The van der Waals surface area contributed by atoms with Crippen molar-refractivity contribution in [1.82, 2.24) is 0 Å². The minimum atomic E-state index is -2.41. The number of nitrogens with one attached hydrogen (secondary N) is 1. The highest BCUT2D eigenvalue weighted by molar-refractivity contribution is 14.2. The monoisotopic (exact) mass is 281 g/mol. The Bertz CT molecular complexity index is 320. The summed E-state index contributed by atoms with van der Waals surface area (Å²) in [5, 5.41) is 0. The second-order valence-electron chi connectivity index (χ2n) is 2.22. The van der Waals surface area contributed by atoms with Gasteiger partial charge >= 0.3 is 0 Å². The molecular formula is C7H8INOS. The Morgan fingerprint density at radius 3 is 2.36 bits per heavy atom. The van der Waals surface area contributed by atoms with Crippen molar-refractivity contribution in [2.45, 2.75) is 5.75 Å². The first-order valence-corrected chi connectivity index (χ1v) is 7.35. The summed E-state index contributed by atoms with van der Waals surface area (Å²) in [5.74, 6) is 0.342. The van der Waals surface area contributed by atoms with Crippen molar-refractivity contribution in [1.29, 1.82) is 4.78 Å². The first-order chi connectivity index (χ1) is 5.08. The molecule has 1 atom stereocenters. The third kappa shape index (κ3) is 3.71. The third-order valence-corrected chi connectivity index (χ3v) is 2.83. The number of hydrogen-bond acceptors (Lipinski definition) is 2. The van der Waals surface area contributed by atoms with Gasteiger partial charge in [-0.25, -0.2) is 8.99 Å². The number of benzene rings is 1. The van der Waals surface area contributed by atoms with Crippen molar-refractivity contribution < 1.29 is 4.21 Å². The quantitative estimate of drug-likeness (QED) is 0.657. The zero-order valence-electron chi connectivity index (χ0n) is 5.79. The van der Waals surface area contributed by atoms with Crippen LogP contribution in [-0.4, -0.2) is 4.21 Å². The lowest BCUT2D eigenvalue weighted by molar-refractivity contribution is 0.685. The molecule has 1 N–H and O–H groups in total.